The van der Waals surface area contributed by atoms with Crippen LogP contribution in [0, 0.1) is 16.0 Å². The first kappa shape index (κ1) is 15.9. The number of aromatic nitrogens is 1. The predicted octanol–water partition coefficient (Wildman–Crippen LogP) is 2.20. The standard InChI is InChI=1S/C13H20N4O3/c1-5-10(8(2)3)16-13(18)9-6-12(14-4)15-7-11(9)17(19)20/h6-8,10H,5H2,1-4H3,(H,14,15)(H,16,18). The van der Waals surface area contributed by atoms with Crippen molar-refractivity contribution in [2.24, 2.45) is 5.92 Å². The molecule has 1 aromatic heterocycles. The van der Waals surface area contributed by atoms with Gasteiger partial charge in [-0.3, -0.25) is 14.9 Å². The Morgan fingerprint density at radius 1 is 1.50 bits per heavy atom. The number of rotatable bonds is 6. The number of hydrogen-bond acceptors (Lipinski definition) is 5. The maximum Gasteiger partial charge on any atom is 0.300 e. The Balaban J connectivity index is 3.09. The van der Waals surface area contributed by atoms with Crippen LogP contribution in [0.4, 0.5) is 11.5 Å². The highest BCUT2D eigenvalue weighted by molar-refractivity contribution is 5.98. The van der Waals surface area contributed by atoms with E-state index in [0.717, 1.165) is 12.6 Å². The summed E-state index contributed by atoms with van der Waals surface area (Å²) in [4.78, 5) is 26.5. The van der Waals surface area contributed by atoms with Crippen molar-refractivity contribution in [2.45, 2.75) is 33.2 Å². The van der Waals surface area contributed by atoms with Gasteiger partial charge in [0.1, 0.15) is 17.6 Å². The summed E-state index contributed by atoms with van der Waals surface area (Å²) in [6.45, 7) is 5.95. The molecule has 20 heavy (non-hydrogen) atoms. The minimum absolute atomic E-state index is 0.0201. The lowest BCUT2D eigenvalue weighted by Crippen LogP contribution is -2.38. The van der Waals surface area contributed by atoms with E-state index in [1.165, 1.54) is 6.07 Å². The molecule has 1 rings (SSSR count). The predicted molar refractivity (Wildman–Crippen MR) is 76.8 cm³/mol. The zero-order valence-electron chi connectivity index (χ0n) is 12.1. The summed E-state index contributed by atoms with van der Waals surface area (Å²) in [6, 6.07) is 1.37. The van der Waals surface area contributed by atoms with Gasteiger partial charge in [-0.05, 0) is 12.3 Å². The number of nitrogens with zero attached hydrogens (tertiary/aromatic N) is 2. The first-order chi connectivity index (χ1) is 9.40. The average molecular weight is 280 g/mol. The number of carbonyl (C=O) groups is 1. The quantitative estimate of drug-likeness (QED) is 0.615. The van der Waals surface area contributed by atoms with Crippen molar-refractivity contribution in [1.82, 2.24) is 10.3 Å². The van der Waals surface area contributed by atoms with Crippen LogP contribution in [0.5, 0.6) is 0 Å². The number of hydrogen-bond donors (Lipinski definition) is 2. The van der Waals surface area contributed by atoms with Crippen LogP contribution in [0.15, 0.2) is 12.3 Å². The lowest BCUT2D eigenvalue weighted by Gasteiger charge is -2.20. The molecule has 1 heterocycles. The van der Waals surface area contributed by atoms with Crippen LogP contribution in [0.2, 0.25) is 0 Å². The summed E-state index contributed by atoms with van der Waals surface area (Å²) < 4.78 is 0. The fraction of sp³-hybridized carbons (Fsp3) is 0.538. The molecular formula is C13H20N4O3. The fourth-order valence-corrected chi connectivity index (χ4v) is 1.90. The van der Waals surface area contributed by atoms with Crippen molar-refractivity contribution in [3.05, 3.63) is 27.9 Å². The maximum absolute atomic E-state index is 12.2. The van der Waals surface area contributed by atoms with Crippen molar-refractivity contribution >= 4 is 17.4 Å². The van der Waals surface area contributed by atoms with E-state index in [4.69, 9.17) is 0 Å². The number of anilines is 1. The van der Waals surface area contributed by atoms with Crippen LogP contribution in [0.25, 0.3) is 0 Å². The van der Waals surface area contributed by atoms with Gasteiger partial charge in [-0.25, -0.2) is 4.98 Å². The number of nitro groups is 1. The Labute approximate surface area is 117 Å². The molecule has 0 fully saturated rings. The molecule has 2 N–H and O–H groups in total. The number of amides is 1. The molecule has 0 aliphatic carbocycles. The van der Waals surface area contributed by atoms with E-state index < -0.39 is 10.8 Å². The van der Waals surface area contributed by atoms with Gasteiger partial charge in [-0.1, -0.05) is 20.8 Å². The summed E-state index contributed by atoms with van der Waals surface area (Å²) in [5.41, 5.74) is -0.270. The molecule has 0 radical (unpaired) electrons. The van der Waals surface area contributed by atoms with E-state index in [9.17, 15) is 14.9 Å². The molecule has 7 heteroatoms. The van der Waals surface area contributed by atoms with Crippen LogP contribution >= 0.6 is 0 Å². The Kier molecular flexibility index (Phi) is 5.42. The Morgan fingerprint density at radius 2 is 2.15 bits per heavy atom. The van der Waals surface area contributed by atoms with Crippen molar-refractivity contribution in [2.75, 3.05) is 12.4 Å². The third-order valence-electron chi connectivity index (χ3n) is 3.14. The summed E-state index contributed by atoms with van der Waals surface area (Å²) >= 11 is 0. The molecule has 0 aromatic carbocycles. The zero-order chi connectivity index (χ0) is 15.3. The second kappa shape index (κ2) is 6.83. The minimum atomic E-state index is -0.600. The SMILES string of the molecule is CCC(NC(=O)c1cc(NC)ncc1[N+](=O)[O-])C(C)C. The van der Waals surface area contributed by atoms with Crippen LogP contribution in [0.1, 0.15) is 37.6 Å². The van der Waals surface area contributed by atoms with Crippen molar-refractivity contribution in [3.8, 4) is 0 Å². The van der Waals surface area contributed by atoms with Gasteiger partial charge in [-0.2, -0.15) is 0 Å². The topological polar surface area (TPSA) is 97.2 Å². The smallest absolute Gasteiger partial charge is 0.300 e. The Morgan fingerprint density at radius 3 is 2.60 bits per heavy atom. The Hall–Kier alpha value is -2.18. The number of pyridine rings is 1. The van der Waals surface area contributed by atoms with Gasteiger partial charge < -0.3 is 10.6 Å². The first-order valence-electron chi connectivity index (χ1n) is 6.53. The Bertz CT molecular complexity index is 502. The van der Waals surface area contributed by atoms with Gasteiger partial charge in [0, 0.05) is 19.2 Å². The third kappa shape index (κ3) is 3.66. The molecule has 0 aliphatic rings. The number of carbonyl (C=O) groups excluding carboxylic acids is 1. The molecule has 0 saturated heterocycles. The zero-order valence-corrected chi connectivity index (χ0v) is 12.1. The largest absolute Gasteiger partial charge is 0.373 e. The highest BCUT2D eigenvalue weighted by atomic mass is 16.6. The molecule has 0 bridgehead atoms. The molecule has 110 valence electrons. The van der Waals surface area contributed by atoms with E-state index >= 15 is 0 Å². The molecule has 0 aliphatic heterocycles. The molecule has 1 unspecified atom stereocenters. The van der Waals surface area contributed by atoms with Gasteiger partial charge in [0.25, 0.3) is 11.6 Å². The third-order valence-corrected chi connectivity index (χ3v) is 3.14. The lowest BCUT2D eigenvalue weighted by molar-refractivity contribution is -0.385. The molecular weight excluding hydrogens is 260 g/mol. The van der Waals surface area contributed by atoms with Crippen LogP contribution in [-0.2, 0) is 0 Å². The normalized spacial score (nSPS) is 12.1. The molecule has 0 spiro atoms. The van der Waals surface area contributed by atoms with E-state index in [0.29, 0.717) is 5.82 Å². The van der Waals surface area contributed by atoms with Crippen molar-refractivity contribution in [3.63, 3.8) is 0 Å². The van der Waals surface area contributed by atoms with E-state index in [-0.39, 0.29) is 23.2 Å². The van der Waals surface area contributed by atoms with Gasteiger partial charge in [-0.15, -0.1) is 0 Å². The summed E-state index contributed by atoms with van der Waals surface area (Å²) in [5, 5.41) is 16.6. The maximum atomic E-state index is 12.2. The highest BCUT2D eigenvalue weighted by Gasteiger charge is 2.24. The molecule has 0 saturated carbocycles. The van der Waals surface area contributed by atoms with E-state index in [1.807, 2.05) is 20.8 Å². The number of nitrogens with one attached hydrogen (secondary N) is 2. The monoisotopic (exact) mass is 280 g/mol. The van der Waals surface area contributed by atoms with E-state index in [1.54, 1.807) is 7.05 Å². The second-order valence-electron chi connectivity index (χ2n) is 4.83. The molecule has 1 atom stereocenters. The van der Waals surface area contributed by atoms with Crippen LogP contribution in [-0.4, -0.2) is 28.9 Å². The summed E-state index contributed by atoms with van der Waals surface area (Å²) in [6.07, 6.45) is 1.86. The van der Waals surface area contributed by atoms with Crippen LogP contribution in [0.3, 0.4) is 0 Å². The van der Waals surface area contributed by atoms with Crippen molar-refractivity contribution < 1.29 is 9.72 Å². The molecule has 1 amide bonds. The van der Waals surface area contributed by atoms with Gasteiger partial charge in [0.05, 0.1) is 4.92 Å². The highest BCUT2D eigenvalue weighted by Crippen LogP contribution is 2.20. The van der Waals surface area contributed by atoms with Crippen LogP contribution < -0.4 is 10.6 Å². The average Bonchev–Trinajstić information content (AvgIpc) is 2.43. The van der Waals surface area contributed by atoms with E-state index in [2.05, 4.69) is 15.6 Å². The lowest BCUT2D eigenvalue weighted by atomic mass is 10.0. The fourth-order valence-electron chi connectivity index (χ4n) is 1.90. The summed E-state index contributed by atoms with van der Waals surface area (Å²) in [7, 11) is 1.64. The van der Waals surface area contributed by atoms with Gasteiger partial charge in [0.2, 0.25) is 0 Å². The van der Waals surface area contributed by atoms with Gasteiger partial charge in [0.15, 0.2) is 0 Å². The van der Waals surface area contributed by atoms with Gasteiger partial charge >= 0.3 is 0 Å². The molecule has 7 nitrogen and oxygen atoms in total. The summed E-state index contributed by atoms with van der Waals surface area (Å²) in [5.74, 6) is 0.225. The molecule has 1 aromatic rings. The van der Waals surface area contributed by atoms with Crippen molar-refractivity contribution in [1.29, 1.82) is 0 Å². The second-order valence-corrected chi connectivity index (χ2v) is 4.83. The minimum Gasteiger partial charge on any atom is -0.373 e. The first-order valence-corrected chi connectivity index (χ1v) is 6.53.